The number of carbonyl (C=O) groups excluding carboxylic acids is 3. The summed E-state index contributed by atoms with van der Waals surface area (Å²) in [5, 5.41) is 0.852. The summed E-state index contributed by atoms with van der Waals surface area (Å²) in [5.74, 6) is -1.04. The van der Waals surface area contributed by atoms with Gasteiger partial charge in [0.2, 0.25) is 5.91 Å². The molecule has 1 aliphatic heterocycles. The first-order valence-electron chi connectivity index (χ1n) is 8.94. The van der Waals surface area contributed by atoms with Crippen LogP contribution in [0.2, 0.25) is 0 Å². The van der Waals surface area contributed by atoms with Crippen molar-refractivity contribution in [2.75, 3.05) is 4.90 Å². The third-order valence-corrected chi connectivity index (χ3v) is 4.91. The van der Waals surface area contributed by atoms with E-state index in [2.05, 4.69) is 10.9 Å². The number of anilines is 1. The fourth-order valence-electron chi connectivity index (χ4n) is 3.41. The number of hydrogen-bond donors (Lipinski definition) is 2. The Kier molecular flexibility index (Phi) is 4.44. The van der Waals surface area contributed by atoms with Crippen molar-refractivity contribution in [3.63, 3.8) is 0 Å². The molecule has 7 nitrogen and oxygen atoms in total. The van der Waals surface area contributed by atoms with Crippen LogP contribution >= 0.6 is 0 Å². The van der Waals surface area contributed by atoms with E-state index in [1.165, 1.54) is 0 Å². The number of hydrogen-bond acceptors (Lipinski definition) is 5. The average molecular weight is 377 g/mol. The molecule has 0 aliphatic carbocycles. The number of benzene rings is 2. The number of furan rings is 1. The van der Waals surface area contributed by atoms with Gasteiger partial charge in [-0.05, 0) is 31.5 Å². The first-order chi connectivity index (χ1) is 13.5. The summed E-state index contributed by atoms with van der Waals surface area (Å²) in [5.41, 5.74) is 7.89. The van der Waals surface area contributed by atoms with Crippen LogP contribution in [0.15, 0.2) is 52.9 Å². The van der Waals surface area contributed by atoms with Crippen LogP contribution in [0.25, 0.3) is 11.0 Å². The van der Waals surface area contributed by atoms with Gasteiger partial charge in [-0.1, -0.05) is 36.4 Å². The Morgan fingerprint density at radius 2 is 1.79 bits per heavy atom. The molecule has 2 aromatic carbocycles. The van der Waals surface area contributed by atoms with Gasteiger partial charge in [-0.15, -0.1) is 0 Å². The Balaban J connectivity index is 1.48. The predicted octanol–water partition coefficient (Wildman–Crippen LogP) is 2.62. The van der Waals surface area contributed by atoms with Gasteiger partial charge in [-0.3, -0.25) is 19.8 Å². The second-order valence-electron chi connectivity index (χ2n) is 6.76. The van der Waals surface area contributed by atoms with E-state index < -0.39 is 17.9 Å². The molecule has 142 valence electrons. The highest BCUT2D eigenvalue weighted by Gasteiger charge is 2.40. The Morgan fingerprint density at radius 1 is 1.07 bits per heavy atom. The highest BCUT2D eigenvalue weighted by atomic mass is 16.3. The van der Waals surface area contributed by atoms with E-state index in [9.17, 15) is 14.4 Å². The van der Waals surface area contributed by atoms with Crippen LogP contribution in [0.3, 0.4) is 0 Å². The van der Waals surface area contributed by atoms with Crippen LogP contribution < -0.4 is 15.8 Å². The molecule has 1 aliphatic rings. The van der Waals surface area contributed by atoms with E-state index in [1.54, 1.807) is 25.1 Å². The number of carbonyl (C=O) groups is 3. The van der Waals surface area contributed by atoms with Gasteiger partial charge in [0.15, 0.2) is 5.76 Å². The largest absolute Gasteiger partial charge is 0.451 e. The van der Waals surface area contributed by atoms with Crippen molar-refractivity contribution in [2.24, 2.45) is 0 Å². The molecule has 0 bridgehead atoms. The standard InChI is InChI=1S/C21H19N3O4/c1-12-7-3-5-9-16(12)24-18(25)11-15(21(24)27)22-23-20(26)19-13(2)14-8-4-6-10-17(14)28-19/h3-10,15,22H,11H2,1-2H3,(H,23,26)/t15-/m0/s1. The maximum atomic E-state index is 12.7. The van der Waals surface area contributed by atoms with Crippen molar-refractivity contribution in [3.05, 3.63) is 65.4 Å². The Labute approximate surface area is 161 Å². The minimum absolute atomic E-state index is 0.0352. The van der Waals surface area contributed by atoms with Gasteiger partial charge in [0, 0.05) is 10.9 Å². The van der Waals surface area contributed by atoms with E-state index in [0.29, 0.717) is 16.8 Å². The zero-order valence-corrected chi connectivity index (χ0v) is 15.5. The molecule has 0 spiro atoms. The Bertz CT molecular complexity index is 1100. The molecule has 2 heterocycles. The van der Waals surface area contributed by atoms with E-state index in [4.69, 9.17) is 4.42 Å². The van der Waals surface area contributed by atoms with E-state index in [0.717, 1.165) is 15.8 Å². The van der Waals surface area contributed by atoms with Crippen molar-refractivity contribution in [1.82, 2.24) is 10.9 Å². The lowest BCUT2D eigenvalue weighted by Crippen LogP contribution is -2.48. The second-order valence-corrected chi connectivity index (χ2v) is 6.76. The van der Waals surface area contributed by atoms with E-state index in [1.807, 2.05) is 37.3 Å². The topological polar surface area (TPSA) is 91.7 Å². The summed E-state index contributed by atoms with van der Waals surface area (Å²) >= 11 is 0. The normalized spacial score (nSPS) is 16.8. The van der Waals surface area contributed by atoms with Crippen molar-refractivity contribution < 1.29 is 18.8 Å². The highest BCUT2D eigenvalue weighted by molar-refractivity contribution is 6.22. The van der Waals surface area contributed by atoms with Crippen LogP contribution in [0, 0.1) is 13.8 Å². The number of amides is 3. The zero-order valence-electron chi connectivity index (χ0n) is 15.5. The zero-order chi connectivity index (χ0) is 19.8. The number of aryl methyl sites for hydroxylation is 2. The SMILES string of the molecule is Cc1ccccc1N1C(=O)C[C@H](NNC(=O)c2oc3ccccc3c2C)C1=O. The maximum Gasteiger partial charge on any atom is 0.301 e. The highest BCUT2D eigenvalue weighted by Crippen LogP contribution is 2.26. The molecule has 0 unspecified atom stereocenters. The molecule has 0 saturated carbocycles. The predicted molar refractivity (Wildman–Crippen MR) is 104 cm³/mol. The molecule has 1 atom stereocenters. The Morgan fingerprint density at radius 3 is 2.54 bits per heavy atom. The number of para-hydroxylation sites is 2. The van der Waals surface area contributed by atoms with Gasteiger partial charge >= 0.3 is 5.91 Å². The molecular formula is C21H19N3O4. The monoisotopic (exact) mass is 377 g/mol. The number of nitrogens with zero attached hydrogens (tertiary/aromatic N) is 1. The van der Waals surface area contributed by atoms with Crippen molar-refractivity contribution in [3.8, 4) is 0 Å². The molecular weight excluding hydrogens is 358 g/mol. The van der Waals surface area contributed by atoms with Crippen LogP contribution in [0.1, 0.15) is 28.1 Å². The minimum atomic E-state index is -0.833. The molecule has 1 aromatic heterocycles. The van der Waals surface area contributed by atoms with Gasteiger partial charge in [0.05, 0.1) is 12.1 Å². The Hall–Kier alpha value is -3.45. The summed E-state index contributed by atoms with van der Waals surface area (Å²) in [4.78, 5) is 38.7. The van der Waals surface area contributed by atoms with Gasteiger partial charge in [-0.2, -0.15) is 0 Å². The summed E-state index contributed by atoms with van der Waals surface area (Å²) in [6.45, 7) is 3.63. The van der Waals surface area contributed by atoms with Crippen LogP contribution in [0.5, 0.6) is 0 Å². The first kappa shape index (κ1) is 17.9. The van der Waals surface area contributed by atoms with Gasteiger partial charge in [-0.25, -0.2) is 10.3 Å². The molecule has 1 fully saturated rings. The minimum Gasteiger partial charge on any atom is -0.451 e. The number of nitrogens with one attached hydrogen (secondary N) is 2. The third-order valence-electron chi connectivity index (χ3n) is 4.91. The second kappa shape index (κ2) is 6.94. The summed E-state index contributed by atoms with van der Waals surface area (Å²) in [6, 6.07) is 13.7. The average Bonchev–Trinajstić information content (AvgIpc) is 3.17. The van der Waals surface area contributed by atoms with Crippen LogP contribution in [-0.4, -0.2) is 23.8 Å². The number of hydrazine groups is 1. The van der Waals surface area contributed by atoms with Crippen molar-refractivity contribution >= 4 is 34.4 Å². The lowest BCUT2D eigenvalue weighted by molar-refractivity contribution is -0.121. The smallest absolute Gasteiger partial charge is 0.301 e. The number of rotatable bonds is 4. The van der Waals surface area contributed by atoms with E-state index >= 15 is 0 Å². The molecule has 7 heteroatoms. The van der Waals surface area contributed by atoms with Crippen LogP contribution in [-0.2, 0) is 9.59 Å². The molecule has 3 amide bonds. The summed E-state index contributed by atoms with van der Waals surface area (Å²) in [7, 11) is 0. The van der Waals surface area contributed by atoms with Crippen molar-refractivity contribution in [1.29, 1.82) is 0 Å². The fourth-order valence-corrected chi connectivity index (χ4v) is 3.41. The molecule has 4 rings (SSSR count). The fraction of sp³-hybridized carbons (Fsp3) is 0.190. The molecule has 0 radical (unpaired) electrons. The number of imide groups is 1. The van der Waals surface area contributed by atoms with Gasteiger partial charge in [0.25, 0.3) is 5.91 Å². The van der Waals surface area contributed by atoms with Gasteiger partial charge < -0.3 is 4.42 Å². The third kappa shape index (κ3) is 2.95. The van der Waals surface area contributed by atoms with Gasteiger partial charge in [0.1, 0.15) is 11.6 Å². The maximum absolute atomic E-state index is 12.7. The van der Waals surface area contributed by atoms with E-state index in [-0.39, 0.29) is 18.1 Å². The quantitative estimate of drug-likeness (QED) is 0.539. The molecule has 2 N–H and O–H groups in total. The molecule has 1 saturated heterocycles. The lowest BCUT2D eigenvalue weighted by Gasteiger charge is -2.17. The first-order valence-corrected chi connectivity index (χ1v) is 8.94. The molecule has 28 heavy (non-hydrogen) atoms. The summed E-state index contributed by atoms with van der Waals surface area (Å²) < 4.78 is 5.62. The van der Waals surface area contributed by atoms with Crippen LogP contribution in [0.4, 0.5) is 5.69 Å². The van der Waals surface area contributed by atoms with Crippen molar-refractivity contribution in [2.45, 2.75) is 26.3 Å². The summed E-state index contributed by atoms with van der Waals surface area (Å²) in [6.07, 6.45) is -0.0352. The lowest BCUT2D eigenvalue weighted by atomic mass is 10.1. The molecule has 3 aromatic rings. The number of fused-ring (bicyclic) bond motifs is 1.